The number of hydrogen-bond donors (Lipinski definition) is 0. The van der Waals surface area contributed by atoms with Gasteiger partial charge in [0.2, 0.25) is 0 Å². The number of halogens is 1. The highest BCUT2D eigenvalue weighted by Crippen LogP contribution is 2.14. The molecule has 0 aliphatic carbocycles. The van der Waals surface area contributed by atoms with Crippen molar-refractivity contribution in [3.8, 4) is 11.4 Å². The first-order chi connectivity index (χ1) is 7.79. The predicted octanol–water partition coefficient (Wildman–Crippen LogP) is 2.61. The molecule has 0 atom stereocenters. The Morgan fingerprint density at radius 2 is 2.19 bits per heavy atom. The van der Waals surface area contributed by atoms with Crippen LogP contribution in [0.1, 0.15) is 12.1 Å². The van der Waals surface area contributed by atoms with Gasteiger partial charge in [0.15, 0.2) is 0 Å². The van der Waals surface area contributed by atoms with E-state index in [-0.39, 0.29) is 6.67 Å². The number of pyridine rings is 1. The fraction of sp³-hybridized carbons (Fsp3) is 0.333. The van der Waals surface area contributed by atoms with Crippen LogP contribution in [0, 0.1) is 6.92 Å². The Labute approximate surface area is 94.0 Å². The summed E-state index contributed by atoms with van der Waals surface area (Å²) < 4.78 is 13.9. The van der Waals surface area contributed by atoms with Crippen molar-refractivity contribution in [3.05, 3.63) is 36.4 Å². The Morgan fingerprint density at radius 3 is 2.94 bits per heavy atom. The quantitative estimate of drug-likeness (QED) is 0.791. The molecule has 4 heteroatoms. The zero-order chi connectivity index (χ0) is 11.4. The summed E-state index contributed by atoms with van der Waals surface area (Å²) in [4.78, 5) is 8.65. The Bertz CT molecular complexity index is 465. The van der Waals surface area contributed by atoms with Crippen molar-refractivity contribution in [1.82, 2.24) is 14.5 Å². The number of rotatable bonds is 4. The number of imidazole rings is 1. The summed E-state index contributed by atoms with van der Waals surface area (Å²) in [7, 11) is 0. The highest BCUT2D eigenvalue weighted by atomic mass is 19.1. The van der Waals surface area contributed by atoms with Gasteiger partial charge in [-0.05, 0) is 25.5 Å². The lowest BCUT2D eigenvalue weighted by Gasteiger charge is -1.98. The number of nitrogens with zero attached hydrogens (tertiary/aromatic N) is 3. The highest BCUT2D eigenvalue weighted by molar-refractivity contribution is 5.52. The maximum Gasteiger partial charge on any atom is 0.107 e. The molecule has 0 unspecified atom stereocenters. The first-order valence-electron chi connectivity index (χ1n) is 5.31. The second-order valence-electron chi connectivity index (χ2n) is 3.70. The first-order valence-corrected chi connectivity index (χ1v) is 5.31. The molecule has 84 valence electrons. The molecular formula is C12H14FN3. The van der Waals surface area contributed by atoms with E-state index in [1.807, 2.05) is 35.9 Å². The number of aryl methyl sites for hydroxylation is 2. The van der Waals surface area contributed by atoms with Gasteiger partial charge in [0.25, 0.3) is 0 Å². The summed E-state index contributed by atoms with van der Waals surface area (Å²) in [5.74, 6) is 0. The van der Waals surface area contributed by atoms with E-state index < -0.39 is 0 Å². The average molecular weight is 219 g/mol. The first kappa shape index (κ1) is 10.8. The van der Waals surface area contributed by atoms with E-state index in [4.69, 9.17) is 0 Å². The van der Waals surface area contributed by atoms with Crippen LogP contribution in [-0.2, 0) is 6.54 Å². The fourth-order valence-electron chi connectivity index (χ4n) is 1.54. The van der Waals surface area contributed by atoms with E-state index in [9.17, 15) is 4.39 Å². The lowest BCUT2D eigenvalue weighted by atomic mass is 10.2. The molecule has 3 nitrogen and oxygen atoms in total. The average Bonchev–Trinajstić information content (AvgIpc) is 2.75. The molecule has 0 aromatic carbocycles. The zero-order valence-electron chi connectivity index (χ0n) is 9.23. The molecule has 0 spiro atoms. The van der Waals surface area contributed by atoms with Crippen molar-refractivity contribution >= 4 is 0 Å². The molecule has 0 amide bonds. The van der Waals surface area contributed by atoms with Crippen LogP contribution in [0.15, 0.2) is 30.7 Å². The van der Waals surface area contributed by atoms with Crippen LogP contribution in [0.25, 0.3) is 11.4 Å². The molecule has 2 rings (SSSR count). The molecule has 2 aromatic rings. The molecule has 0 saturated carbocycles. The molecule has 0 aliphatic rings. The van der Waals surface area contributed by atoms with Gasteiger partial charge in [0.05, 0.1) is 18.7 Å². The van der Waals surface area contributed by atoms with Crippen LogP contribution in [0.4, 0.5) is 4.39 Å². The smallest absolute Gasteiger partial charge is 0.107 e. The van der Waals surface area contributed by atoms with Crippen LogP contribution in [-0.4, -0.2) is 21.2 Å². The minimum Gasteiger partial charge on any atom is -0.337 e. The zero-order valence-corrected chi connectivity index (χ0v) is 9.23. The second kappa shape index (κ2) is 4.88. The lowest BCUT2D eigenvalue weighted by Crippen LogP contribution is -1.94. The van der Waals surface area contributed by atoms with Gasteiger partial charge in [0.1, 0.15) is 5.69 Å². The van der Waals surface area contributed by atoms with E-state index in [0.29, 0.717) is 13.0 Å². The summed E-state index contributed by atoms with van der Waals surface area (Å²) >= 11 is 0. The van der Waals surface area contributed by atoms with Crippen molar-refractivity contribution in [1.29, 1.82) is 0 Å². The van der Waals surface area contributed by atoms with Gasteiger partial charge >= 0.3 is 0 Å². The molecule has 0 radical (unpaired) electrons. The van der Waals surface area contributed by atoms with Crippen LogP contribution >= 0.6 is 0 Å². The van der Waals surface area contributed by atoms with Gasteiger partial charge in [-0.3, -0.25) is 9.37 Å². The topological polar surface area (TPSA) is 30.7 Å². The highest BCUT2D eigenvalue weighted by Gasteiger charge is 2.03. The van der Waals surface area contributed by atoms with E-state index in [0.717, 1.165) is 17.1 Å². The Hall–Kier alpha value is -1.71. The van der Waals surface area contributed by atoms with Crippen LogP contribution in [0.5, 0.6) is 0 Å². The number of hydrogen-bond acceptors (Lipinski definition) is 2. The molecule has 16 heavy (non-hydrogen) atoms. The van der Waals surface area contributed by atoms with Crippen LogP contribution in [0.2, 0.25) is 0 Å². The van der Waals surface area contributed by atoms with Gasteiger partial charge in [-0.2, -0.15) is 0 Å². The molecule has 0 N–H and O–H groups in total. The van der Waals surface area contributed by atoms with E-state index in [1.54, 1.807) is 6.33 Å². The normalized spacial score (nSPS) is 10.6. The largest absolute Gasteiger partial charge is 0.337 e. The summed E-state index contributed by atoms with van der Waals surface area (Å²) in [6, 6.07) is 5.83. The molecule has 2 aromatic heterocycles. The van der Waals surface area contributed by atoms with Gasteiger partial charge in [0, 0.05) is 18.4 Å². The monoisotopic (exact) mass is 219 g/mol. The third kappa shape index (κ3) is 2.45. The molecule has 0 aliphatic heterocycles. The molecule has 0 fully saturated rings. The van der Waals surface area contributed by atoms with Crippen molar-refractivity contribution in [2.24, 2.45) is 0 Å². The lowest BCUT2D eigenvalue weighted by molar-refractivity contribution is 0.447. The second-order valence-corrected chi connectivity index (χ2v) is 3.70. The van der Waals surface area contributed by atoms with E-state index in [2.05, 4.69) is 9.97 Å². The molecular weight excluding hydrogens is 205 g/mol. The Kier molecular flexibility index (Phi) is 3.29. The summed E-state index contributed by atoms with van der Waals surface area (Å²) in [6.45, 7) is 2.31. The van der Waals surface area contributed by atoms with Gasteiger partial charge in [-0.15, -0.1) is 0 Å². The van der Waals surface area contributed by atoms with Crippen molar-refractivity contribution in [2.45, 2.75) is 19.9 Å². The van der Waals surface area contributed by atoms with Gasteiger partial charge < -0.3 is 4.57 Å². The maximum atomic E-state index is 12.0. The standard InChI is InChI=1S/C12H14FN3/c1-10-4-2-5-11(15-10)12-8-16(9-14-12)7-3-6-13/h2,4-5,8-9H,3,6-7H2,1H3. The van der Waals surface area contributed by atoms with Gasteiger partial charge in [-0.1, -0.05) is 6.07 Å². The predicted molar refractivity (Wildman–Crippen MR) is 60.8 cm³/mol. The summed E-state index contributed by atoms with van der Waals surface area (Å²) in [5, 5.41) is 0. The number of aromatic nitrogens is 3. The summed E-state index contributed by atoms with van der Waals surface area (Å²) in [5.41, 5.74) is 2.66. The fourth-order valence-corrected chi connectivity index (χ4v) is 1.54. The van der Waals surface area contributed by atoms with E-state index >= 15 is 0 Å². The summed E-state index contributed by atoms with van der Waals surface area (Å²) in [6.07, 6.45) is 4.14. The third-order valence-corrected chi connectivity index (χ3v) is 2.33. The van der Waals surface area contributed by atoms with Crippen LogP contribution < -0.4 is 0 Å². The third-order valence-electron chi connectivity index (χ3n) is 2.33. The Morgan fingerprint density at radius 1 is 1.31 bits per heavy atom. The van der Waals surface area contributed by atoms with Crippen molar-refractivity contribution in [3.63, 3.8) is 0 Å². The minimum absolute atomic E-state index is 0.295. The van der Waals surface area contributed by atoms with Gasteiger partial charge in [-0.25, -0.2) is 4.98 Å². The molecule has 0 bridgehead atoms. The van der Waals surface area contributed by atoms with Crippen molar-refractivity contribution in [2.75, 3.05) is 6.67 Å². The molecule has 0 saturated heterocycles. The van der Waals surface area contributed by atoms with E-state index in [1.165, 1.54) is 0 Å². The Balaban J connectivity index is 2.18. The van der Waals surface area contributed by atoms with Crippen LogP contribution in [0.3, 0.4) is 0 Å². The number of alkyl halides is 1. The maximum absolute atomic E-state index is 12.0. The molecule has 2 heterocycles. The minimum atomic E-state index is -0.295. The SMILES string of the molecule is Cc1cccc(-c2cn(CCCF)cn2)n1. The van der Waals surface area contributed by atoms with Crippen molar-refractivity contribution < 1.29 is 4.39 Å².